The second-order valence-electron chi connectivity index (χ2n) is 3.83. The van der Waals surface area contributed by atoms with Crippen LogP contribution in [0.2, 0.25) is 0 Å². The Morgan fingerprint density at radius 1 is 1.39 bits per heavy atom. The molecule has 4 nitrogen and oxygen atoms in total. The molecule has 2 rings (SSSR count). The fourth-order valence-corrected chi connectivity index (χ4v) is 2.05. The SMILES string of the molecule is CCOCCn1c(CCl)nc2ccccc2c1=O. The van der Waals surface area contributed by atoms with Gasteiger partial charge in [0.25, 0.3) is 5.56 Å². The summed E-state index contributed by atoms with van der Waals surface area (Å²) >= 11 is 5.85. The molecule has 0 saturated heterocycles. The van der Waals surface area contributed by atoms with Crippen LogP contribution in [0.4, 0.5) is 0 Å². The maximum absolute atomic E-state index is 12.3. The van der Waals surface area contributed by atoms with Crippen LogP contribution in [0.5, 0.6) is 0 Å². The van der Waals surface area contributed by atoms with Crippen molar-refractivity contribution in [2.75, 3.05) is 13.2 Å². The molecule has 0 N–H and O–H groups in total. The first-order chi connectivity index (χ1) is 8.77. The van der Waals surface area contributed by atoms with Crippen LogP contribution in [-0.2, 0) is 17.2 Å². The summed E-state index contributed by atoms with van der Waals surface area (Å²) in [5.74, 6) is 0.798. The fourth-order valence-electron chi connectivity index (χ4n) is 1.85. The van der Waals surface area contributed by atoms with E-state index in [1.807, 2.05) is 25.1 Å². The highest BCUT2D eigenvalue weighted by molar-refractivity contribution is 6.16. The molecule has 0 radical (unpaired) electrons. The lowest BCUT2D eigenvalue weighted by Gasteiger charge is -2.11. The molecule has 2 aromatic rings. The van der Waals surface area contributed by atoms with Gasteiger partial charge >= 0.3 is 0 Å². The van der Waals surface area contributed by atoms with Crippen molar-refractivity contribution in [2.45, 2.75) is 19.3 Å². The molecular weight excluding hydrogens is 252 g/mol. The molecule has 18 heavy (non-hydrogen) atoms. The van der Waals surface area contributed by atoms with Crippen molar-refractivity contribution < 1.29 is 4.74 Å². The highest BCUT2D eigenvalue weighted by atomic mass is 35.5. The Hall–Kier alpha value is -1.39. The number of nitrogens with zero attached hydrogens (tertiary/aromatic N) is 2. The van der Waals surface area contributed by atoms with Gasteiger partial charge in [0, 0.05) is 6.61 Å². The molecule has 5 heteroatoms. The van der Waals surface area contributed by atoms with E-state index in [1.54, 1.807) is 10.6 Å². The first-order valence-electron chi connectivity index (χ1n) is 5.90. The number of hydrogen-bond acceptors (Lipinski definition) is 3. The van der Waals surface area contributed by atoms with Crippen molar-refractivity contribution in [2.24, 2.45) is 0 Å². The normalized spacial score (nSPS) is 11.0. The summed E-state index contributed by atoms with van der Waals surface area (Å²) in [6.07, 6.45) is 0. The highest BCUT2D eigenvalue weighted by Gasteiger charge is 2.09. The molecular formula is C13H15ClN2O2. The van der Waals surface area contributed by atoms with Crippen LogP contribution < -0.4 is 5.56 Å². The summed E-state index contributed by atoms with van der Waals surface area (Å²) in [5.41, 5.74) is 0.627. The van der Waals surface area contributed by atoms with Gasteiger partial charge < -0.3 is 4.74 Å². The zero-order valence-corrected chi connectivity index (χ0v) is 11.0. The molecule has 0 aliphatic rings. The van der Waals surface area contributed by atoms with Gasteiger partial charge in [-0.3, -0.25) is 9.36 Å². The Balaban J connectivity index is 2.49. The predicted molar refractivity (Wildman–Crippen MR) is 72.1 cm³/mol. The Bertz CT molecular complexity index is 595. The van der Waals surface area contributed by atoms with Gasteiger partial charge in [0.05, 0.1) is 29.9 Å². The third-order valence-electron chi connectivity index (χ3n) is 2.72. The van der Waals surface area contributed by atoms with Gasteiger partial charge in [-0.15, -0.1) is 11.6 Å². The third-order valence-corrected chi connectivity index (χ3v) is 2.96. The van der Waals surface area contributed by atoms with Crippen molar-refractivity contribution in [3.8, 4) is 0 Å². The van der Waals surface area contributed by atoms with Crippen LogP contribution in [0.25, 0.3) is 10.9 Å². The molecule has 1 aromatic heterocycles. The van der Waals surface area contributed by atoms with Crippen molar-refractivity contribution in [1.29, 1.82) is 0 Å². The number of aromatic nitrogens is 2. The zero-order chi connectivity index (χ0) is 13.0. The number of hydrogen-bond donors (Lipinski definition) is 0. The number of para-hydroxylation sites is 1. The Morgan fingerprint density at radius 2 is 2.17 bits per heavy atom. The minimum atomic E-state index is -0.0593. The van der Waals surface area contributed by atoms with Crippen LogP contribution in [0.15, 0.2) is 29.1 Å². The van der Waals surface area contributed by atoms with Gasteiger partial charge in [0.15, 0.2) is 0 Å². The highest BCUT2D eigenvalue weighted by Crippen LogP contribution is 2.09. The number of halogens is 1. The number of benzene rings is 1. The minimum Gasteiger partial charge on any atom is -0.380 e. The van der Waals surface area contributed by atoms with E-state index in [4.69, 9.17) is 16.3 Å². The summed E-state index contributed by atoms with van der Waals surface area (Å²) in [4.78, 5) is 16.7. The fraction of sp³-hybridized carbons (Fsp3) is 0.385. The monoisotopic (exact) mass is 266 g/mol. The number of alkyl halides is 1. The van der Waals surface area contributed by atoms with Crippen LogP contribution in [-0.4, -0.2) is 22.8 Å². The van der Waals surface area contributed by atoms with E-state index in [1.165, 1.54) is 0 Å². The first kappa shape index (κ1) is 13.1. The average Bonchev–Trinajstić information content (AvgIpc) is 2.41. The van der Waals surface area contributed by atoms with E-state index in [0.717, 1.165) is 0 Å². The number of rotatable bonds is 5. The molecule has 0 amide bonds. The molecule has 1 heterocycles. The molecule has 0 spiro atoms. The molecule has 0 bridgehead atoms. The van der Waals surface area contributed by atoms with Gasteiger partial charge in [0.2, 0.25) is 0 Å². The topological polar surface area (TPSA) is 44.1 Å². The molecule has 0 unspecified atom stereocenters. The Kier molecular flexibility index (Phi) is 4.33. The zero-order valence-electron chi connectivity index (χ0n) is 10.2. The van der Waals surface area contributed by atoms with E-state index in [-0.39, 0.29) is 11.4 Å². The lowest BCUT2D eigenvalue weighted by molar-refractivity contribution is 0.137. The van der Waals surface area contributed by atoms with Crippen molar-refractivity contribution in [3.63, 3.8) is 0 Å². The van der Waals surface area contributed by atoms with Gasteiger partial charge in [-0.2, -0.15) is 0 Å². The minimum absolute atomic E-state index is 0.0593. The molecule has 0 atom stereocenters. The van der Waals surface area contributed by atoms with Gasteiger partial charge in [-0.05, 0) is 19.1 Å². The van der Waals surface area contributed by atoms with Crippen LogP contribution in [0.3, 0.4) is 0 Å². The standard InChI is InChI=1S/C13H15ClN2O2/c1-2-18-8-7-16-12(9-14)15-11-6-4-3-5-10(11)13(16)17/h3-6H,2,7-9H2,1H3. The van der Waals surface area contributed by atoms with Gasteiger partial charge in [-0.1, -0.05) is 12.1 Å². The van der Waals surface area contributed by atoms with E-state index in [2.05, 4.69) is 4.98 Å². The average molecular weight is 267 g/mol. The van der Waals surface area contributed by atoms with Crippen LogP contribution >= 0.6 is 11.6 Å². The lowest BCUT2D eigenvalue weighted by Crippen LogP contribution is -2.26. The van der Waals surface area contributed by atoms with Gasteiger partial charge in [-0.25, -0.2) is 4.98 Å². The predicted octanol–water partition coefficient (Wildman–Crippen LogP) is 2.17. The molecule has 0 fully saturated rings. The summed E-state index contributed by atoms with van der Waals surface area (Å²) in [6, 6.07) is 7.29. The first-order valence-corrected chi connectivity index (χ1v) is 6.43. The summed E-state index contributed by atoms with van der Waals surface area (Å²) in [6.45, 7) is 3.52. The van der Waals surface area contributed by atoms with E-state index >= 15 is 0 Å². The van der Waals surface area contributed by atoms with Crippen molar-refractivity contribution in [3.05, 3.63) is 40.4 Å². The van der Waals surface area contributed by atoms with E-state index in [0.29, 0.717) is 36.5 Å². The molecule has 0 saturated carbocycles. The second kappa shape index (κ2) is 5.98. The van der Waals surface area contributed by atoms with Crippen LogP contribution in [0.1, 0.15) is 12.7 Å². The number of fused-ring (bicyclic) bond motifs is 1. The molecule has 1 aromatic carbocycles. The number of ether oxygens (including phenoxy) is 1. The second-order valence-corrected chi connectivity index (χ2v) is 4.10. The van der Waals surface area contributed by atoms with Crippen LogP contribution in [0, 0.1) is 0 Å². The maximum Gasteiger partial charge on any atom is 0.261 e. The van der Waals surface area contributed by atoms with Crippen molar-refractivity contribution >= 4 is 22.5 Å². The quantitative estimate of drug-likeness (QED) is 0.615. The van der Waals surface area contributed by atoms with E-state index in [9.17, 15) is 4.79 Å². The Morgan fingerprint density at radius 3 is 2.89 bits per heavy atom. The summed E-state index contributed by atoms with van der Waals surface area (Å²) in [5, 5.41) is 0.614. The molecule has 96 valence electrons. The summed E-state index contributed by atoms with van der Waals surface area (Å²) < 4.78 is 6.86. The third kappa shape index (κ3) is 2.54. The largest absolute Gasteiger partial charge is 0.380 e. The van der Waals surface area contributed by atoms with Crippen molar-refractivity contribution in [1.82, 2.24) is 9.55 Å². The maximum atomic E-state index is 12.3. The lowest BCUT2D eigenvalue weighted by atomic mass is 10.2. The molecule has 0 aliphatic heterocycles. The van der Waals surface area contributed by atoms with E-state index < -0.39 is 0 Å². The Labute approximate surface area is 110 Å². The van der Waals surface area contributed by atoms with Gasteiger partial charge in [0.1, 0.15) is 5.82 Å². The molecule has 0 aliphatic carbocycles. The smallest absolute Gasteiger partial charge is 0.261 e. The summed E-state index contributed by atoms with van der Waals surface area (Å²) in [7, 11) is 0.